The molecule has 1 rings (SSSR count). The summed E-state index contributed by atoms with van der Waals surface area (Å²) in [5.74, 6) is -20.7. The molecule has 0 saturated carbocycles. The van der Waals surface area contributed by atoms with E-state index in [0.29, 0.717) is 43.6 Å². The smallest absolute Gasteiger partial charge is 0.430 e. The highest BCUT2D eigenvalue weighted by atomic mass is 32.2. The summed E-state index contributed by atoms with van der Waals surface area (Å²) in [7, 11) is 0. The number of alkyl carbamates (subject to hydrolysis) is 1. The highest BCUT2D eigenvalue weighted by Crippen LogP contribution is 2.50. The monoisotopic (exact) mass is 1290 g/mol. The van der Waals surface area contributed by atoms with Crippen molar-refractivity contribution in [2.75, 3.05) is 62.7 Å². The average molecular weight is 1290 g/mol. The molecule has 1 N–H and O–H groups in total. The first-order valence-electron chi connectivity index (χ1n) is 27.0. The number of ether oxygens (including phenoxy) is 7. The Kier molecular flexibility index (Phi) is 34.1. The van der Waals surface area contributed by atoms with E-state index in [9.17, 15) is 78.3 Å². The minimum Gasteiger partial charge on any atom is -0.466 e. The number of hydrogen-bond donors (Lipinski definition) is 1. The molecule has 0 atom stereocenters. The van der Waals surface area contributed by atoms with E-state index >= 15 is 8.78 Å². The predicted octanol–water partition coefficient (Wildman–Crippen LogP) is 9.18. The number of nitrogens with one attached hydrogen (secondary N) is 1. The third-order valence-corrected chi connectivity index (χ3v) is 14.4. The Hall–Kier alpha value is -6.05. The van der Waals surface area contributed by atoms with Gasteiger partial charge < -0.3 is 33.7 Å². The van der Waals surface area contributed by atoms with Crippen LogP contribution in [0, 0.1) is 5.41 Å². The van der Waals surface area contributed by atoms with Crippen LogP contribution < -0.4 is 22.4 Å². The van der Waals surface area contributed by atoms with Crippen LogP contribution in [0.1, 0.15) is 111 Å². The molecule has 490 valence electrons. The molecule has 0 aliphatic carbocycles. The molecule has 0 aromatic carbocycles. The number of amides is 1. The van der Waals surface area contributed by atoms with Crippen molar-refractivity contribution in [2.45, 2.75) is 166 Å². The van der Waals surface area contributed by atoms with Crippen LogP contribution in [0.15, 0.2) is 65.0 Å². The summed E-state index contributed by atoms with van der Waals surface area (Å²) in [6.45, 7) is 10.2. The molecule has 0 fully saturated rings. The van der Waals surface area contributed by atoms with Crippen molar-refractivity contribution in [3.8, 4) is 0 Å². The number of esters is 5. The first-order valence-corrected chi connectivity index (χ1v) is 29.4. The quantitative estimate of drug-likeness (QED) is 0.0210. The minimum atomic E-state index is -6.92. The summed E-state index contributed by atoms with van der Waals surface area (Å²) < 4.78 is 175. The van der Waals surface area contributed by atoms with Crippen molar-refractivity contribution in [3.63, 3.8) is 0 Å². The zero-order valence-corrected chi connectivity index (χ0v) is 49.8. The number of thioether (sulfide) groups is 2. The summed E-state index contributed by atoms with van der Waals surface area (Å²) >= 11 is 2.68. The van der Waals surface area contributed by atoms with Gasteiger partial charge in [-0.2, -0.15) is 67.4 Å². The lowest BCUT2D eigenvalue weighted by Gasteiger charge is -2.34. The summed E-state index contributed by atoms with van der Waals surface area (Å²) in [5.41, 5.74) is -7.57. The molecule has 0 saturated heterocycles. The lowest BCUT2D eigenvalue weighted by molar-refractivity contribution is -0.485. The van der Waals surface area contributed by atoms with Crippen molar-refractivity contribution < 1.29 is 106 Å². The van der Waals surface area contributed by atoms with Gasteiger partial charge in [0.25, 0.3) is 0 Å². The van der Waals surface area contributed by atoms with Crippen LogP contribution in [-0.4, -0.2) is 148 Å². The number of nitrogens with zero attached hydrogens (tertiary/aromatic N) is 3. The largest absolute Gasteiger partial charge is 0.466 e. The molecule has 0 spiro atoms. The fourth-order valence-electron chi connectivity index (χ4n) is 7.23. The molecule has 20 nitrogen and oxygen atoms in total. The Morgan fingerprint density at radius 3 is 1.24 bits per heavy atom. The summed E-state index contributed by atoms with van der Waals surface area (Å²) in [6, 6.07) is 0. The van der Waals surface area contributed by atoms with E-state index in [1.165, 1.54) is 30.4 Å². The van der Waals surface area contributed by atoms with Crippen LogP contribution >= 0.6 is 23.5 Å². The maximum absolute atomic E-state index is 15.2. The second-order valence-electron chi connectivity index (χ2n) is 20.1. The van der Waals surface area contributed by atoms with Gasteiger partial charge in [-0.1, -0.05) is 78.2 Å². The van der Waals surface area contributed by atoms with Crippen LogP contribution in [0.4, 0.5) is 48.7 Å². The number of carbonyl (C=O) groups excluding carboxylic acids is 6. The Labute approximate surface area is 498 Å². The standard InChI is InChI=1S/C54H76F10N4O16S2/c1-8-39(69)80-35-48(5,36-81-40(70)9-2)33-43(73)78-27-19-15-13-12-14-17-21-29-85-31-23-25-66-45(75)67(47(77)68(46(66)76)34-51(57,58)53(61,62)84-54(63,64)52(59,60)50(7,55)56)26-24-32-86-30-22-18-16-20-28-79-44(74)65-49(6,37-82-41(71)10-3)38-83-42(72)11-4/h8-11H,1-4,12-38H2,5-7H3,(H,65,74). The third-order valence-electron chi connectivity index (χ3n) is 12.1. The van der Waals surface area contributed by atoms with Crippen LogP contribution in [0.5, 0.6) is 0 Å². The molecular weight excluding hydrogens is 1210 g/mol. The van der Waals surface area contributed by atoms with E-state index in [1.54, 1.807) is 6.92 Å². The molecular formula is C54H76F10N4O16S2. The number of hydrogen-bond acceptors (Lipinski definition) is 18. The Morgan fingerprint density at radius 2 is 0.837 bits per heavy atom. The molecule has 1 heterocycles. The van der Waals surface area contributed by atoms with Crippen LogP contribution in [-0.2, 0) is 76.8 Å². The Bertz CT molecular complexity index is 2550. The van der Waals surface area contributed by atoms with Gasteiger partial charge >= 0.3 is 83.0 Å². The van der Waals surface area contributed by atoms with Gasteiger partial charge in [0.15, 0.2) is 0 Å². The van der Waals surface area contributed by atoms with Crippen molar-refractivity contribution >= 4 is 59.5 Å². The van der Waals surface area contributed by atoms with Gasteiger partial charge in [0.1, 0.15) is 38.5 Å². The molecule has 1 aromatic rings. The Morgan fingerprint density at radius 1 is 0.477 bits per heavy atom. The van der Waals surface area contributed by atoms with Gasteiger partial charge in [0.2, 0.25) is 0 Å². The second kappa shape index (κ2) is 37.6. The van der Waals surface area contributed by atoms with Crippen molar-refractivity contribution in [1.29, 1.82) is 0 Å². The number of unbranched alkanes of at least 4 members (excludes halogenated alkanes) is 9. The van der Waals surface area contributed by atoms with Crippen molar-refractivity contribution in [1.82, 2.24) is 19.0 Å². The maximum atomic E-state index is 15.2. The van der Waals surface area contributed by atoms with Gasteiger partial charge in [-0.25, -0.2) is 56.8 Å². The van der Waals surface area contributed by atoms with Crippen LogP contribution in [0.3, 0.4) is 0 Å². The summed E-state index contributed by atoms with van der Waals surface area (Å²) in [6.07, 6.45) is -3.60. The molecule has 1 amide bonds. The fourth-order valence-corrected chi connectivity index (χ4v) is 9.12. The maximum Gasteiger partial charge on any atom is 0.430 e. The summed E-state index contributed by atoms with van der Waals surface area (Å²) in [5, 5.41) is 2.48. The zero-order valence-electron chi connectivity index (χ0n) is 48.2. The van der Waals surface area contributed by atoms with E-state index in [0.717, 1.165) is 62.8 Å². The lowest BCUT2D eigenvalue weighted by Crippen LogP contribution is -2.61. The highest BCUT2D eigenvalue weighted by molar-refractivity contribution is 7.99. The number of rotatable bonds is 47. The third kappa shape index (κ3) is 27.8. The van der Waals surface area contributed by atoms with E-state index in [1.807, 2.05) is 0 Å². The Balaban J connectivity index is 2.87. The first kappa shape index (κ1) is 78.0. The van der Waals surface area contributed by atoms with E-state index in [2.05, 4.69) is 36.4 Å². The number of carbonyl (C=O) groups is 6. The van der Waals surface area contributed by atoms with Crippen molar-refractivity contribution in [2.24, 2.45) is 5.41 Å². The molecule has 0 unspecified atom stereocenters. The SMILES string of the molecule is C=CC(=O)OCC(C)(COC(=O)C=C)CC(=O)OCCCCCCCCCSCCCn1c(=O)n(CCCSCCCCCCOC(=O)NC(C)(COC(=O)C=C)COC(=O)C=C)c(=O)n(CC(F)(F)C(F)(F)OC(F)(F)C(F)(F)C(C)(F)F)c1=O. The first-order chi connectivity index (χ1) is 40.1. The molecule has 32 heteroatoms. The van der Waals surface area contributed by atoms with Crippen LogP contribution in [0.2, 0.25) is 0 Å². The number of alkyl halides is 10. The molecule has 1 aromatic heterocycles. The lowest BCUT2D eigenvalue weighted by atomic mass is 9.88. The van der Waals surface area contributed by atoms with E-state index < -0.39 is 138 Å². The van der Waals surface area contributed by atoms with Gasteiger partial charge in [-0.3, -0.25) is 4.79 Å². The molecule has 0 aliphatic heterocycles. The van der Waals surface area contributed by atoms with E-state index in [4.69, 9.17) is 28.4 Å². The fraction of sp³-hybridized carbons (Fsp3) is 0.685. The van der Waals surface area contributed by atoms with E-state index in [-0.39, 0.29) is 66.3 Å². The van der Waals surface area contributed by atoms with Crippen LogP contribution in [0.25, 0.3) is 0 Å². The average Bonchev–Trinajstić information content (AvgIpc) is 0.808. The number of aromatic nitrogens is 3. The van der Waals surface area contributed by atoms with Gasteiger partial charge in [0, 0.05) is 49.7 Å². The molecule has 0 aliphatic rings. The molecule has 86 heavy (non-hydrogen) atoms. The van der Waals surface area contributed by atoms with Crippen molar-refractivity contribution in [3.05, 3.63) is 82.1 Å². The predicted molar refractivity (Wildman–Crippen MR) is 297 cm³/mol. The van der Waals surface area contributed by atoms with Gasteiger partial charge in [-0.15, -0.1) is 0 Å². The van der Waals surface area contributed by atoms with Gasteiger partial charge in [-0.05, 0) is 68.5 Å². The number of halogens is 10. The highest BCUT2D eigenvalue weighted by Gasteiger charge is 2.75. The second-order valence-corrected chi connectivity index (χ2v) is 22.6. The summed E-state index contributed by atoms with van der Waals surface area (Å²) in [4.78, 5) is 112. The minimum absolute atomic E-state index is 0.0196. The topological polar surface area (TPSA) is 245 Å². The molecule has 0 bridgehead atoms. The molecule has 0 radical (unpaired) electrons. The normalized spacial score (nSPS) is 12.4. The van der Waals surface area contributed by atoms with Gasteiger partial charge in [0.05, 0.1) is 19.6 Å². The zero-order chi connectivity index (χ0) is 65.4.